The third-order valence-corrected chi connectivity index (χ3v) is 2.53. The molecule has 1 rings (SSSR count). The number of hydrogen-bond acceptors (Lipinski definition) is 1. The molecule has 70 valence electrons. The molecule has 0 radical (unpaired) electrons. The van der Waals surface area contributed by atoms with Crippen LogP contribution in [0.3, 0.4) is 0 Å². The Labute approximate surface area is 76.2 Å². The fourth-order valence-corrected chi connectivity index (χ4v) is 1.62. The fraction of sp³-hybridized carbons (Fsp3) is 0.818. The summed E-state index contributed by atoms with van der Waals surface area (Å²) in [7, 11) is 0. The molecule has 1 fully saturated rings. The molecular formula is C11H21N. The molecule has 0 aromatic rings. The van der Waals surface area contributed by atoms with Gasteiger partial charge in [-0.15, -0.1) is 0 Å². The second kappa shape index (κ2) is 4.66. The first kappa shape index (κ1) is 9.79. The van der Waals surface area contributed by atoms with E-state index >= 15 is 0 Å². The van der Waals surface area contributed by atoms with E-state index < -0.39 is 0 Å². The first-order chi connectivity index (χ1) is 5.70. The van der Waals surface area contributed by atoms with E-state index in [1.807, 2.05) is 0 Å². The predicted molar refractivity (Wildman–Crippen MR) is 54.2 cm³/mol. The van der Waals surface area contributed by atoms with Crippen LogP contribution in [0.1, 0.15) is 33.6 Å². The normalized spacial score (nSPS) is 28.3. The highest BCUT2D eigenvalue weighted by molar-refractivity contribution is 5.09. The van der Waals surface area contributed by atoms with Crippen molar-refractivity contribution < 1.29 is 0 Å². The average molecular weight is 167 g/mol. The summed E-state index contributed by atoms with van der Waals surface area (Å²) in [6.45, 7) is 9.22. The Morgan fingerprint density at radius 1 is 1.58 bits per heavy atom. The summed E-state index contributed by atoms with van der Waals surface area (Å²) < 4.78 is 0. The van der Waals surface area contributed by atoms with Gasteiger partial charge in [0, 0.05) is 6.54 Å². The standard InChI is InChI=1S/C11H21N/c1-9(2)4-5-11-6-7-12-8-10(11)3/h5,9-10,12H,4,6-8H2,1-3H3/b11-5-. The van der Waals surface area contributed by atoms with Gasteiger partial charge in [0.1, 0.15) is 0 Å². The topological polar surface area (TPSA) is 12.0 Å². The van der Waals surface area contributed by atoms with E-state index in [2.05, 4.69) is 32.2 Å². The highest BCUT2D eigenvalue weighted by Crippen LogP contribution is 2.19. The molecule has 1 atom stereocenters. The first-order valence-corrected chi connectivity index (χ1v) is 5.09. The van der Waals surface area contributed by atoms with Crippen LogP contribution in [0.15, 0.2) is 11.6 Å². The molecule has 0 aromatic heterocycles. The molecule has 0 bridgehead atoms. The van der Waals surface area contributed by atoms with Crippen molar-refractivity contribution in [3.05, 3.63) is 11.6 Å². The Balaban J connectivity index is 2.41. The number of hydrogen-bond donors (Lipinski definition) is 1. The molecule has 1 aliphatic heterocycles. The zero-order valence-corrected chi connectivity index (χ0v) is 8.56. The summed E-state index contributed by atoms with van der Waals surface area (Å²) in [6.07, 6.45) is 4.96. The van der Waals surface area contributed by atoms with Crippen molar-refractivity contribution >= 4 is 0 Å². The van der Waals surface area contributed by atoms with E-state index in [4.69, 9.17) is 0 Å². The maximum Gasteiger partial charge on any atom is 0.00143 e. The van der Waals surface area contributed by atoms with Crippen LogP contribution in [0, 0.1) is 11.8 Å². The minimum Gasteiger partial charge on any atom is -0.316 e. The van der Waals surface area contributed by atoms with Gasteiger partial charge in [0.25, 0.3) is 0 Å². The second-order valence-electron chi connectivity index (χ2n) is 4.26. The molecule has 0 amide bonds. The van der Waals surface area contributed by atoms with Gasteiger partial charge in [-0.05, 0) is 31.2 Å². The lowest BCUT2D eigenvalue weighted by molar-refractivity contribution is 0.496. The zero-order chi connectivity index (χ0) is 8.97. The highest BCUT2D eigenvalue weighted by atomic mass is 14.9. The van der Waals surface area contributed by atoms with Gasteiger partial charge in [0.15, 0.2) is 0 Å². The van der Waals surface area contributed by atoms with Gasteiger partial charge in [-0.1, -0.05) is 32.4 Å². The van der Waals surface area contributed by atoms with Crippen molar-refractivity contribution in [2.24, 2.45) is 11.8 Å². The van der Waals surface area contributed by atoms with Crippen LogP contribution < -0.4 is 5.32 Å². The summed E-state index contributed by atoms with van der Waals surface area (Å²) in [6, 6.07) is 0. The fourth-order valence-electron chi connectivity index (χ4n) is 1.62. The van der Waals surface area contributed by atoms with Crippen molar-refractivity contribution in [2.75, 3.05) is 13.1 Å². The highest BCUT2D eigenvalue weighted by Gasteiger charge is 2.12. The maximum atomic E-state index is 3.41. The molecule has 0 spiro atoms. The van der Waals surface area contributed by atoms with Crippen LogP contribution in [0.5, 0.6) is 0 Å². The van der Waals surface area contributed by atoms with Crippen LogP contribution >= 0.6 is 0 Å². The van der Waals surface area contributed by atoms with Crippen LogP contribution in [0.4, 0.5) is 0 Å². The SMILES string of the molecule is CC(C)C/C=C1/CCNCC1C. The largest absolute Gasteiger partial charge is 0.316 e. The number of piperidine rings is 1. The number of allylic oxidation sites excluding steroid dienone is 1. The number of rotatable bonds is 2. The third-order valence-electron chi connectivity index (χ3n) is 2.53. The van der Waals surface area contributed by atoms with Crippen molar-refractivity contribution in [1.82, 2.24) is 5.32 Å². The quantitative estimate of drug-likeness (QED) is 0.623. The van der Waals surface area contributed by atoms with Gasteiger partial charge in [-0.25, -0.2) is 0 Å². The van der Waals surface area contributed by atoms with Crippen molar-refractivity contribution in [3.63, 3.8) is 0 Å². The molecule has 0 aliphatic carbocycles. The molecule has 1 saturated heterocycles. The van der Waals surface area contributed by atoms with Crippen LogP contribution in [0.2, 0.25) is 0 Å². The summed E-state index contributed by atoms with van der Waals surface area (Å²) in [4.78, 5) is 0. The van der Waals surface area contributed by atoms with Crippen LogP contribution in [-0.2, 0) is 0 Å². The van der Waals surface area contributed by atoms with Crippen LogP contribution in [-0.4, -0.2) is 13.1 Å². The Morgan fingerprint density at radius 2 is 2.33 bits per heavy atom. The van der Waals surface area contributed by atoms with E-state index in [1.54, 1.807) is 5.57 Å². The van der Waals surface area contributed by atoms with Crippen LogP contribution in [0.25, 0.3) is 0 Å². The summed E-state index contributed by atoms with van der Waals surface area (Å²) >= 11 is 0. The van der Waals surface area contributed by atoms with E-state index in [0.717, 1.165) is 11.8 Å². The zero-order valence-electron chi connectivity index (χ0n) is 8.56. The molecule has 1 N–H and O–H groups in total. The van der Waals surface area contributed by atoms with Crippen molar-refractivity contribution in [1.29, 1.82) is 0 Å². The van der Waals surface area contributed by atoms with Gasteiger partial charge >= 0.3 is 0 Å². The lowest BCUT2D eigenvalue weighted by Gasteiger charge is -2.23. The maximum absolute atomic E-state index is 3.41. The van der Waals surface area contributed by atoms with E-state index in [9.17, 15) is 0 Å². The van der Waals surface area contributed by atoms with E-state index in [1.165, 1.54) is 25.9 Å². The van der Waals surface area contributed by atoms with Gasteiger partial charge in [0.05, 0.1) is 0 Å². The smallest absolute Gasteiger partial charge is 0.00143 e. The molecule has 1 heterocycles. The Kier molecular flexibility index (Phi) is 3.80. The van der Waals surface area contributed by atoms with E-state index in [0.29, 0.717) is 0 Å². The summed E-state index contributed by atoms with van der Waals surface area (Å²) in [5.41, 5.74) is 1.67. The lowest BCUT2D eigenvalue weighted by Crippen LogP contribution is -2.29. The van der Waals surface area contributed by atoms with Crippen molar-refractivity contribution in [3.8, 4) is 0 Å². The van der Waals surface area contributed by atoms with Crippen molar-refractivity contribution in [2.45, 2.75) is 33.6 Å². The summed E-state index contributed by atoms with van der Waals surface area (Å²) in [5.74, 6) is 1.57. The Morgan fingerprint density at radius 3 is 2.92 bits per heavy atom. The first-order valence-electron chi connectivity index (χ1n) is 5.09. The Hall–Kier alpha value is -0.300. The molecule has 1 nitrogen and oxygen atoms in total. The Bertz CT molecular complexity index is 158. The molecule has 0 aromatic carbocycles. The van der Waals surface area contributed by atoms with E-state index in [-0.39, 0.29) is 0 Å². The van der Waals surface area contributed by atoms with Gasteiger partial charge in [-0.3, -0.25) is 0 Å². The number of nitrogens with one attached hydrogen (secondary N) is 1. The van der Waals surface area contributed by atoms with Gasteiger partial charge in [-0.2, -0.15) is 0 Å². The molecule has 1 unspecified atom stereocenters. The second-order valence-corrected chi connectivity index (χ2v) is 4.26. The minimum absolute atomic E-state index is 0.762. The molecular weight excluding hydrogens is 146 g/mol. The minimum atomic E-state index is 0.762. The molecule has 12 heavy (non-hydrogen) atoms. The third kappa shape index (κ3) is 2.98. The van der Waals surface area contributed by atoms with Gasteiger partial charge in [0.2, 0.25) is 0 Å². The predicted octanol–water partition coefficient (Wildman–Crippen LogP) is 2.59. The molecule has 0 saturated carbocycles. The monoisotopic (exact) mass is 167 g/mol. The molecule has 1 aliphatic rings. The lowest BCUT2D eigenvalue weighted by atomic mass is 9.92. The molecule has 1 heteroatoms. The average Bonchev–Trinajstić information content (AvgIpc) is 2.03. The summed E-state index contributed by atoms with van der Waals surface area (Å²) in [5, 5.41) is 3.41. The van der Waals surface area contributed by atoms with Gasteiger partial charge < -0.3 is 5.32 Å².